The number of ether oxygens (including phenoxy) is 2. The van der Waals surface area contributed by atoms with Crippen LogP contribution in [0.5, 0.6) is 0 Å². The maximum absolute atomic E-state index is 11.3. The number of hydrogen-bond acceptors (Lipinski definition) is 5. The van der Waals surface area contributed by atoms with Crippen molar-refractivity contribution >= 4 is 15.8 Å². The molecule has 0 spiro atoms. The zero-order chi connectivity index (χ0) is 12.5. The molecule has 2 heterocycles. The Morgan fingerprint density at radius 1 is 1.29 bits per heavy atom. The number of sulfone groups is 1. The molecule has 2 aliphatic rings. The van der Waals surface area contributed by atoms with Gasteiger partial charge in [-0.05, 0) is 12.8 Å². The molecule has 2 atom stereocenters. The Balaban J connectivity index is 1.83. The highest BCUT2D eigenvalue weighted by Crippen LogP contribution is 2.29. The van der Waals surface area contributed by atoms with E-state index in [0.29, 0.717) is 12.8 Å². The fraction of sp³-hybridized carbons (Fsp3) is 0.900. The predicted octanol–water partition coefficient (Wildman–Crippen LogP) is 0.0274. The van der Waals surface area contributed by atoms with Crippen LogP contribution in [0.1, 0.15) is 19.3 Å². The van der Waals surface area contributed by atoms with Crippen molar-refractivity contribution in [1.82, 2.24) is 0 Å². The fourth-order valence-corrected chi connectivity index (χ4v) is 3.73. The van der Waals surface area contributed by atoms with Crippen molar-refractivity contribution in [3.8, 4) is 0 Å². The van der Waals surface area contributed by atoms with Crippen LogP contribution in [0, 0.1) is 5.92 Å². The molecule has 0 amide bonds. The Labute approximate surface area is 99.8 Å². The molecule has 2 fully saturated rings. The summed E-state index contributed by atoms with van der Waals surface area (Å²) < 4.78 is 33.4. The molecule has 0 radical (unpaired) electrons. The molecule has 0 bridgehead atoms. The highest BCUT2D eigenvalue weighted by atomic mass is 32.2. The van der Waals surface area contributed by atoms with Gasteiger partial charge in [0, 0.05) is 5.92 Å². The first-order valence-corrected chi connectivity index (χ1v) is 7.48. The zero-order valence-electron chi connectivity index (χ0n) is 9.37. The topological polar surface area (TPSA) is 89.9 Å². The van der Waals surface area contributed by atoms with Crippen LogP contribution in [0.3, 0.4) is 0 Å². The van der Waals surface area contributed by atoms with Crippen LogP contribution in [0.25, 0.3) is 0 Å². The van der Waals surface area contributed by atoms with E-state index in [2.05, 4.69) is 0 Å². The van der Waals surface area contributed by atoms with E-state index >= 15 is 0 Å². The number of aliphatic carboxylic acids is 1. The molecule has 0 aromatic heterocycles. The number of carboxylic acids is 1. The first-order chi connectivity index (χ1) is 7.96. The molecule has 2 aliphatic heterocycles. The van der Waals surface area contributed by atoms with Crippen LogP contribution in [0.2, 0.25) is 0 Å². The molecule has 6 nitrogen and oxygen atoms in total. The molecule has 0 aliphatic carbocycles. The molecular formula is C10H16O6S. The van der Waals surface area contributed by atoms with Gasteiger partial charge in [-0.25, -0.2) is 8.42 Å². The van der Waals surface area contributed by atoms with Gasteiger partial charge in [-0.15, -0.1) is 0 Å². The lowest BCUT2D eigenvalue weighted by Crippen LogP contribution is -2.32. The Morgan fingerprint density at radius 2 is 1.94 bits per heavy atom. The Morgan fingerprint density at radius 3 is 2.53 bits per heavy atom. The van der Waals surface area contributed by atoms with Gasteiger partial charge < -0.3 is 14.6 Å². The summed E-state index contributed by atoms with van der Waals surface area (Å²) in [5, 5.41) is 8.62. The summed E-state index contributed by atoms with van der Waals surface area (Å²) >= 11 is 0. The second-order valence-electron chi connectivity index (χ2n) is 4.55. The third-order valence-electron chi connectivity index (χ3n) is 3.16. The molecular weight excluding hydrogens is 248 g/mol. The summed E-state index contributed by atoms with van der Waals surface area (Å²) in [6.45, 7) is 0.278. The van der Waals surface area contributed by atoms with Gasteiger partial charge >= 0.3 is 5.97 Å². The van der Waals surface area contributed by atoms with E-state index in [1.807, 2.05) is 0 Å². The van der Waals surface area contributed by atoms with Gasteiger partial charge in [0.25, 0.3) is 0 Å². The van der Waals surface area contributed by atoms with E-state index in [4.69, 9.17) is 14.6 Å². The highest BCUT2D eigenvalue weighted by Gasteiger charge is 2.36. The molecule has 2 unspecified atom stereocenters. The second kappa shape index (κ2) is 4.91. The molecule has 1 N–H and O–H groups in total. The van der Waals surface area contributed by atoms with Gasteiger partial charge in [0.2, 0.25) is 0 Å². The van der Waals surface area contributed by atoms with Gasteiger partial charge in [-0.3, -0.25) is 4.79 Å². The van der Waals surface area contributed by atoms with Crippen molar-refractivity contribution < 1.29 is 27.8 Å². The summed E-state index contributed by atoms with van der Waals surface area (Å²) in [6.07, 6.45) is 0.159. The average molecular weight is 264 g/mol. The van der Waals surface area contributed by atoms with Gasteiger partial charge in [0.15, 0.2) is 6.29 Å². The van der Waals surface area contributed by atoms with Gasteiger partial charge in [-0.1, -0.05) is 0 Å². The standard InChI is InChI=1S/C10H16O6S/c11-9(12)5-8-6-15-10(16-8)7-1-3-17(13,14)4-2-7/h7-8,10H,1-6H2,(H,11,12). The monoisotopic (exact) mass is 264 g/mol. The minimum Gasteiger partial charge on any atom is -0.481 e. The number of hydrogen-bond donors (Lipinski definition) is 1. The Kier molecular flexibility index (Phi) is 3.70. The normalized spacial score (nSPS) is 33.6. The van der Waals surface area contributed by atoms with Crippen LogP contribution in [0.15, 0.2) is 0 Å². The fourth-order valence-electron chi connectivity index (χ4n) is 2.20. The predicted molar refractivity (Wildman–Crippen MR) is 58.2 cm³/mol. The first kappa shape index (κ1) is 12.8. The van der Waals surface area contributed by atoms with Crippen molar-refractivity contribution in [2.24, 2.45) is 5.92 Å². The van der Waals surface area contributed by atoms with E-state index in [-0.39, 0.29) is 30.5 Å². The third kappa shape index (κ3) is 3.40. The summed E-state index contributed by atoms with van der Waals surface area (Å²) in [7, 11) is -2.88. The second-order valence-corrected chi connectivity index (χ2v) is 6.85. The van der Waals surface area contributed by atoms with Gasteiger partial charge in [-0.2, -0.15) is 0 Å². The molecule has 7 heteroatoms. The van der Waals surface area contributed by atoms with E-state index < -0.39 is 28.2 Å². The lowest BCUT2D eigenvalue weighted by atomic mass is 10.0. The SMILES string of the molecule is O=C(O)CC1COC(C2CCS(=O)(=O)CC2)O1. The minimum atomic E-state index is -2.88. The van der Waals surface area contributed by atoms with Crippen molar-refractivity contribution in [3.63, 3.8) is 0 Å². The molecule has 17 heavy (non-hydrogen) atoms. The van der Waals surface area contributed by atoms with Crippen LogP contribution in [-0.4, -0.2) is 50.0 Å². The van der Waals surface area contributed by atoms with Crippen LogP contribution in [-0.2, 0) is 24.1 Å². The number of carbonyl (C=O) groups is 1. The maximum atomic E-state index is 11.3. The summed E-state index contributed by atoms with van der Waals surface area (Å²) in [5.74, 6) is -0.502. The largest absolute Gasteiger partial charge is 0.481 e. The molecule has 2 rings (SSSR count). The Hall–Kier alpha value is -0.660. The summed E-state index contributed by atoms with van der Waals surface area (Å²) in [6, 6.07) is 0. The lowest BCUT2D eigenvalue weighted by Gasteiger charge is -2.26. The number of carboxylic acid groups (broad SMARTS) is 1. The third-order valence-corrected chi connectivity index (χ3v) is 4.87. The first-order valence-electron chi connectivity index (χ1n) is 5.65. The van der Waals surface area contributed by atoms with Crippen molar-refractivity contribution in [2.75, 3.05) is 18.1 Å². The highest BCUT2D eigenvalue weighted by molar-refractivity contribution is 7.91. The maximum Gasteiger partial charge on any atom is 0.306 e. The molecule has 0 saturated carbocycles. The quantitative estimate of drug-likeness (QED) is 0.773. The summed E-state index contributed by atoms with van der Waals surface area (Å²) in [5.41, 5.74) is 0. The Bertz CT molecular complexity index is 376. The molecule has 98 valence electrons. The molecule has 0 aromatic rings. The van der Waals surface area contributed by atoms with Crippen LogP contribution in [0.4, 0.5) is 0 Å². The van der Waals surface area contributed by atoms with Crippen molar-refractivity contribution in [1.29, 1.82) is 0 Å². The lowest BCUT2D eigenvalue weighted by molar-refractivity contribution is -0.141. The van der Waals surface area contributed by atoms with Gasteiger partial charge in [0.1, 0.15) is 9.84 Å². The van der Waals surface area contributed by atoms with Crippen LogP contribution < -0.4 is 0 Å². The van der Waals surface area contributed by atoms with Gasteiger partial charge in [0.05, 0.1) is 30.6 Å². The van der Waals surface area contributed by atoms with Crippen LogP contribution >= 0.6 is 0 Å². The molecule has 2 saturated heterocycles. The average Bonchev–Trinajstić information content (AvgIpc) is 2.65. The minimum absolute atomic E-state index is 0.0670. The van der Waals surface area contributed by atoms with E-state index in [9.17, 15) is 13.2 Å². The van der Waals surface area contributed by atoms with E-state index in [1.54, 1.807) is 0 Å². The molecule has 0 aromatic carbocycles. The van der Waals surface area contributed by atoms with E-state index in [1.165, 1.54) is 0 Å². The van der Waals surface area contributed by atoms with Crippen molar-refractivity contribution in [2.45, 2.75) is 31.7 Å². The van der Waals surface area contributed by atoms with E-state index in [0.717, 1.165) is 0 Å². The summed E-state index contributed by atoms with van der Waals surface area (Å²) in [4.78, 5) is 10.5. The zero-order valence-corrected chi connectivity index (χ0v) is 10.2. The smallest absolute Gasteiger partial charge is 0.306 e. The number of rotatable bonds is 3. The van der Waals surface area contributed by atoms with Crippen molar-refractivity contribution in [3.05, 3.63) is 0 Å².